The van der Waals surface area contributed by atoms with Gasteiger partial charge in [0.05, 0.1) is 11.7 Å². The number of halogens is 1. The third-order valence-electron chi connectivity index (χ3n) is 3.77. The molecule has 0 bridgehead atoms. The molecule has 7 heteroatoms. The molecule has 1 aliphatic rings. The van der Waals surface area contributed by atoms with Crippen molar-refractivity contribution in [1.82, 2.24) is 19.7 Å². The number of hydrogen-bond donors (Lipinski definition) is 1. The van der Waals surface area contributed by atoms with Crippen LogP contribution < -0.4 is 5.73 Å². The summed E-state index contributed by atoms with van der Waals surface area (Å²) in [4.78, 5) is 17.4. The molecule has 1 aliphatic heterocycles. The lowest BCUT2D eigenvalue weighted by molar-refractivity contribution is -0.122. The summed E-state index contributed by atoms with van der Waals surface area (Å²) in [6.45, 7) is 1.24. The molecule has 0 unspecified atom stereocenters. The van der Waals surface area contributed by atoms with Crippen molar-refractivity contribution in [2.45, 2.75) is 25.4 Å². The third kappa shape index (κ3) is 2.78. The van der Waals surface area contributed by atoms with Crippen LogP contribution in [0.3, 0.4) is 0 Å². The van der Waals surface area contributed by atoms with E-state index in [2.05, 4.69) is 10.1 Å². The fraction of sp³-hybridized carbons (Fsp3) is 0.357. The number of hydrogen-bond acceptors (Lipinski definition) is 4. The SMILES string of the molecule is NC(=O)[C@@H]1CCCN1Cc1cc(F)ccc1-n1cncn1. The Morgan fingerprint density at radius 1 is 1.48 bits per heavy atom. The Labute approximate surface area is 121 Å². The van der Waals surface area contributed by atoms with Crippen molar-refractivity contribution >= 4 is 5.91 Å². The first-order valence-corrected chi connectivity index (χ1v) is 6.82. The summed E-state index contributed by atoms with van der Waals surface area (Å²) >= 11 is 0. The number of aromatic nitrogens is 3. The first-order valence-electron chi connectivity index (χ1n) is 6.82. The van der Waals surface area contributed by atoms with Gasteiger partial charge in [-0.25, -0.2) is 14.1 Å². The van der Waals surface area contributed by atoms with E-state index in [1.54, 1.807) is 17.1 Å². The van der Waals surface area contributed by atoms with Gasteiger partial charge >= 0.3 is 0 Å². The maximum Gasteiger partial charge on any atom is 0.234 e. The molecule has 21 heavy (non-hydrogen) atoms. The van der Waals surface area contributed by atoms with Crippen LogP contribution in [0.15, 0.2) is 30.9 Å². The molecule has 2 heterocycles. The van der Waals surface area contributed by atoms with Gasteiger partial charge in [0.15, 0.2) is 0 Å². The number of rotatable bonds is 4. The van der Waals surface area contributed by atoms with Gasteiger partial charge in [0.1, 0.15) is 18.5 Å². The molecule has 3 rings (SSSR count). The molecule has 6 nitrogen and oxygen atoms in total. The number of benzene rings is 1. The second-order valence-corrected chi connectivity index (χ2v) is 5.14. The summed E-state index contributed by atoms with van der Waals surface area (Å²) in [5.74, 6) is -0.644. The van der Waals surface area contributed by atoms with Crippen LogP contribution >= 0.6 is 0 Å². The summed E-state index contributed by atoms with van der Waals surface area (Å²) in [6.07, 6.45) is 4.66. The maximum absolute atomic E-state index is 13.6. The van der Waals surface area contributed by atoms with Crippen molar-refractivity contribution in [3.8, 4) is 5.69 Å². The van der Waals surface area contributed by atoms with Crippen LogP contribution in [0, 0.1) is 5.82 Å². The lowest BCUT2D eigenvalue weighted by Crippen LogP contribution is -2.39. The van der Waals surface area contributed by atoms with Gasteiger partial charge in [0, 0.05) is 6.54 Å². The van der Waals surface area contributed by atoms with E-state index in [4.69, 9.17) is 5.73 Å². The van der Waals surface area contributed by atoms with Crippen LogP contribution in [0.5, 0.6) is 0 Å². The number of nitrogens with two attached hydrogens (primary N) is 1. The van der Waals surface area contributed by atoms with Gasteiger partial charge in [0.25, 0.3) is 0 Å². The first-order chi connectivity index (χ1) is 10.1. The molecule has 1 amide bonds. The van der Waals surface area contributed by atoms with Crippen LogP contribution in [0.4, 0.5) is 4.39 Å². The van der Waals surface area contributed by atoms with Crippen LogP contribution in [0.25, 0.3) is 5.69 Å². The van der Waals surface area contributed by atoms with Crippen LogP contribution in [0.2, 0.25) is 0 Å². The molecule has 0 saturated carbocycles. The zero-order valence-corrected chi connectivity index (χ0v) is 11.4. The number of nitrogens with zero attached hydrogens (tertiary/aromatic N) is 4. The Balaban J connectivity index is 1.91. The van der Waals surface area contributed by atoms with E-state index >= 15 is 0 Å². The summed E-state index contributed by atoms with van der Waals surface area (Å²) in [5.41, 5.74) is 6.93. The Kier molecular flexibility index (Phi) is 3.66. The molecule has 2 aromatic rings. The van der Waals surface area contributed by atoms with Crippen molar-refractivity contribution in [2.75, 3.05) is 6.54 Å². The fourth-order valence-corrected chi connectivity index (χ4v) is 2.79. The normalized spacial score (nSPS) is 19.0. The van der Waals surface area contributed by atoms with E-state index in [-0.39, 0.29) is 17.8 Å². The Bertz CT molecular complexity index is 643. The molecule has 2 N–H and O–H groups in total. The summed E-state index contributed by atoms with van der Waals surface area (Å²) in [5, 5.41) is 4.08. The van der Waals surface area contributed by atoms with E-state index in [0.717, 1.165) is 30.6 Å². The minimum Gasteiger partial charge on any atom is -0.368 e. The zero-order chi connectivity index (χ0) is 14.8. The van der Waals surface area contributed by atoms with E-state index in [1.165, 1.54) is 18.5 Å². The highest BCUT2D eigenvalue weighted by Gasteiger charge is 2.29. The average Bonchev–Trinajstić information content (AvgIpc) is 3.09. The summed E-state index contributed by atoms with van der Waals surface area (Å²) < 4.78 is 15.2. The smallest absolute Gasteiger partial charge is 0.234 e. The van der Waals surface area contributed by atoms with Crippen LogP contribution in [-0.4, -0.2) is 38.2 Å². The molecule has 0 radical (unpaired) electrons. The molecule has 110 valence electrons. The van der Waals surface area contributed by atoms with Crippen molar-refractivity contribution in [3.05, 3.63) is 42.2 Å². The number of likely N-dealkylation sites (tertiary alicyclic amines) is 1. The maximum atomic E-state index is 13.6. The minimum absolute atomic E-state index is 0.281. The highest BCUT2D eigenvalue weighted by Crippen LogP contribution is 2.23. The number of carbonyl (C=O) groups excluding carboxylic acids is 1. The Morgan fingerprint density at radius 3 is 3.05 bits per heavy atom. The van der Waals surface area contributed by atoms with E-state index < -0.39 is 0 Å². The highest BCUT2D eigenvalue weighted by atomic mass is 19.1. The largest absolute Gasteiger partial charge is 0.368 e. The number of carbonyl (C=O) groups is 1. The van der Waals surface area contributed by atoms with E-state index in [0.29, 0.717) is 6.54 Å². The van der Waals surface area contributed by atoms with Crippen molar-refractivity contribution in [2.24, 2.45) is 5.73 Å². The van der Waals surface area contributed by atoms with Crippen molar-refractivity contribution in [1.29, 1.82) is 0 Å². The fourth-order valence-electron chi connectivity index (χ4n) is 2.79. The molecule has 1 saturated heterocycles. The quantitative estimate of drug-likeness (QED) is 0.905. The van der Waals surface area contributed by atoms with Crippen LogP contribution in [-0.2, 0) is 11.3 Å². The van der Waals surface area contributed by atoms with Gasteiger partial charge in [-0.15, -0.1) is 0 Å². The lowest BCUT2D eigenvalue weighted by atomic mass is 10.1. The predicted octanol–water partition coefficient (Wildman–Crippen LogP) is 0.856. The molecule has 0 spiro atoms. The standard InChI is InChI=1S/C14H16FN5O/c15-11-3-4-12(20-9-17-8-18-20)10(6-11)7-19-5-1-2-13(19)14(16)21/h3-4,6,8-9,13H,1-2,5,7H2,(H2,16,21)/t13-/m0/s1. The predicted molar refractivity (Wildman–Crippen MR) is 73.9 cm³/mol. The van der Waals surface area contributed by atoms with Crippen molar-refractivity contribution in [3.63, 3.8) is 0 Å². The Hall–Kier alpha value is -2.28. The molecular formula is C14H16FN5O. The summed E-state index contributed by atoms with van der Waals surface area (Å²) in [6, 6.07) is 4.23. The third-order valence-corrected chi connectivity index (χ3v) is 3.77. The monoisotopic (exact) mass is 289 g/mol. The number of primary amides is 1. The van der Waals surface area contributed by atoms with Gasteiger partial charge in [0.2, 0.25) is 5.91 Å². The van der Waals surface area contributed by atoms with E-state index in [9.17, 15) is 9.18 Å². The second-order valence-electron chi connectivity index (χ2n) is 5.14. The topological polar surface area (TPSA) is 77.0 Å². The number of amides is 1. The second kappa shape index (κ2) is 5.61. The minimum atomic E-state index is -0.328. The van der Waals surface area contributed by atoms with E-state index in [1.807, 2.05) is 4.90 Å². The lowest BCUT2D eigenvalue weighted by Gasteiger charge is -2.23. The molecule has 1 fully saturated rings. The molecule has 0 aliphatic carbocycles. The summed E-state index contributed by atoms with van der Waals surface area (Å²) in [7, 11) is 0. The van der Waals surface area contributed by atoms with Crippen molar-refractivity contribution < 1.29 is 9.18 Å². The van der Waals surface area contributed by atoms with Crippen LogP contribution in [0.1, 0.15) is 18.4 Å². The molecule has 1 aromatic heterocycles. The molecule has 1 atom stereocenters. The van der Waals surface area contributed by atoms with Gasteiger partial charge in [-0.3, -0.25) is 9.69 Å². The highest BCUT2D eigenvalue weighted by molar-refractivity contribution is 5.80. The zero-order valence-electron chi connectivity index (χ0n) is 11.4. The van der Waals surface area contributed by atoms with Gasteiger partial charge < -0.3 is 5.73 Å². The van der Waals surface area contributed by atoms with Gasteiger partial charge in [-0.05, 0) is 43.1 Å². The molecule has 1 aromatic carbocycles. The Morgan fingerprint density at radius 2 is 2.33 bits per heavy atom. The average molecular weight is 289 g/mol. The first kappa shape index (κ1) is 13.7. The van der Waals surface area contributed by atoms with Gasteiger partial charge in [-0.1, -0.05) is 0 Å². The van der Waals surface area contributed by atoms with Gasteiger partial charge in [-0.2, -0.15) is 5.10 Å². The molecular weight excluding hydrogens is 273 g/mol.